The van der Waals surface area contributed by atoms with Gasteiger partial charge >= 0.3 is 0 Å². The second kappa shape index (κ2) is 3.77. The first-order valence-corrected chi connectivity index (χ1v) is 5.52. The van der Waals surface area contributed by atoms with Gasteiger partial charge in [0.1, 0.15) is 18.5 Å². The normalized spacial score (nSPS) is 22.8. The third-order valence-corrected chi connectivity index (χ3v) is 3.49. The van der Waals surface area contributed by atoms with Crippen LogP contribution in [-0.2, 0) is 4.74 Å². The first-order valence-electron chi connectivity index (χ1n) is 3.91. The van der Waals surface area contributed by atoms with Gasteiger partial charge in [-0.2, -0.15) is 0 Å². The van der Waals surface area contributed by atoms with Gasteiger partial charge < -0.3 is 10.5 Å². The molecule has 0 radical (unpaired) electrons. The van der Waals surface area contributed by atoms with Gasteiger partial charge in [0.15, 0.2) is 0 Å². The molecule has 1 aliphatic rings. The number of halogens is 1. The van der Waals surface area contributed by atoms with E-state index in [1.165, 1.54) is 4.88 Å². The number of nitrogens with zero attached hydrogens (tertiary/aromatic N) is 1. The first kappa shape index (κ1) is 9.18. The molecule has 13 heavy (non-hydrogen) atoms. The van der Waals surface area contributed by atoms with E-state index >= 15 is 0 Å². The lowest BCUT2D eigenvalue weighted by molar-refractivity contribution is 0.144. The van der Waals surface area contributed by atoms with Gasteiger partial charge in [-0.3, -0.25) is 4.99 Å². The number of hydrogen-bond donors (Lipinski definition) is 1. The summed E-state index contributed by atoms with van der Waals surface area (Å²) < 4.78 is 6.41. The summed E-state index contributed by atoms with van der Waals surface area (Å²) >= 11 is 5.08. The molecule has 0 bridgehead atoms. The first-order chi connectivity index (χ1) is 6.25. The molecule has 0 saturated heterocycles. The van der Waals surface area contributed by atoms with E-state index in [4.69, 9.17) is 10.5 Å². The minimum atomic E-state index is 0.0880. The minimum absolute atomic E-state index is 0.0880. The van der Waals surface area contributed by atoms with E-state index in [1.54, 1.807) is 11.3 Å². The zero-order chi connectivity index (χ0) is 9.26. The fraction of sp³-hybridized carbons (Fsp3) is 0.375. The van der Waals surface area contributed by atoms with Crippen LogP contribution in [0.4, 0.5) is 0 Å². The van der Waals surface area contributed by atoms with Crippen LogP contribution in [0.3, 0.4) is 0 Å². The second-order valence-electron chi connectivity index (χ2n) is 2.79. The zero-order valence-corrected chi connectivity index (χ0v) is 9.27. The Hall–Kier alpha value is -0.390. The van der Waals surface area contributed by atoms with Crippen LogP contribution in [0.2, 0.25) is 0 Å². The van der Waals surface area contributed by atoms with Gasteiger partial charge in [-0.15, -0.1) is 11.3 Å². The summed E-state index contributed by atoms with van der Waals surface area (Å²) in [5.74, 6) is 0.584. The molecular formula is C8H9BrN2OS. The molecule has 70 valence electrons. The van der Waals surface area contributed by atoms with Crippen molar-refractivity contribution >= 4 is 33.1 Å². The number of thiophene rings is 1. The van der Waals surface area contributed by atoms with Crippen molar-refractivity contribution in [1.82, 2.24) is 0 Å². The summed E-state index contributed by atoms with van der Waals surface area (Å²) in [5, 5.41) is 0. The molecule has 0 aliphatic carbocycles. The molecular weight excluding hydrogens is 252 g/mol. The molecule has 1 aliphatic heterocycles. The van der Waals surface area contributed by atoms with Crippen LogP contribution < -0.4 is 5.73 Å². The van der Waals surface area contributed by atoms with Crippen LogP contribution in [0, 0.1) is 0 Å². The average molecular weight is 261 g/mol. The predicted molar refractivity (Wildman–Crippen MR) is 57.2 cm³/mol. The highest BCUT2D eigenvalue weighted by Crippen LogP contribution is 2.30. The Bertz CT molecular complexity index is 337. The Morgan fingerprint density at radius 2 is 2.46 bits per heavy atom. The largest absolute Gasteiger partial charge is 0.386 e. The van der Waals surface area contributed by atoms with Crippen molar-refractivity contribution in [3.8, 4) is 0 Å². The Labute approximate surface area is 88.7 Å². The van der Waals surface area contributed by atoms with Gasteiger partial charge in [-0.05, 0) is 28.1 Å². The smallest absolute Gasteiger partial charge is 0.121 e. The molecule has 2 N–H and O–H groups in total. The lowest BCUT2D eigenvalue weighted by atomic mass is 10.2. The molecule has 1 atom stereocenters. The number of amidine groups is 1. The van der Waals surface area contributed by atoms with Gasteiger partial charge in [0.05, 0.1) is 10.4 Å². The minimum Gasteiger partial charge on any atom is -0.386 e. The number of hydrogen-bond acceptors (Lipinski definition) is 4. The fourth-order valence-corrected chi connectivity index (χ4v) is 2.65. The van der Waals surface area contributed by atoms with Crippen LogP contribution in [0.15, 0.2) is 20.9 Å². The lowest BCUT2D eigenvalue weighted by Gasteiger charge is -2.17. The van der Waals surface area contributed by atoms with Crippen LogP contribution >= 0.6 is 27.3 Å². The highest BCUT2D eigenvalue weighted by atomic mass is 79.9. The number of rotatable bonds is 1. The molecule has 2 heterocycles. The van der Waals surface area contributed by atoms with E-state index in [1.807, 2.05) is 12.1 Å². The maximum Gasteiger partial charge on any atom is 0.121 e. The van der Waals surface area contributed by atoms with Crippen molar-refractivity contribution in [2.75, 3.05) is 13.2 Å². The summed E-state index contributed by atoms with van der Waals surface area (Å²) in [6, 6.07) is 4.15. The molecule has 3 nitrogen and oxygen atoms in total. The van der Waals surface area contributed by atoms with E-state index in [2.05, 4.69) is 20.9 Å². The van der Waals surface area contributed by atoms with Gasteiger partial charge in [-0.1, -0.05) is 0 Å². The lowest BCUT2D eigenvalue weighted by Crippen LogP contribution is -2.26. The van der Waals surface area contributed by atoms with Gasteiger partial charge in [0.2, 0.25) is 0 Å². The maximum absolute atomic E-state index is 5.59. The van der Waals surface area contributed by atoms with E-state index in [0.717, 1.165) is 3.79 Å². The highest BCUT2D eigenvalue weighted by Gasteiger charge is 2.17. The van der Waals surface area contributed by atoms with E-state index in [-0.39, 0.29) is 6.04 Å². The quantitative estimate of drug-likeness (QED) is 0.839. The van der Waals surface area contributed by atoms with Crippen molar-refractivity contribution in [3.05, 3.63) is 20.8 Å². The number of aliphatic imine (C=N–C) groups is 1. The summed E-state index contributed by atoms with van der Waals surface area (Å²) in [5.41, 5.74) is 5.59. The average Bonchev–Trinajstić information content (AvgIpc) is 2.52. The van der Waals surface area contributed by atoms with Crippen molar-refractivity contribution in [1.29, 1.82) is 0 Å². The Morgan fingerprint density at radius 3 is 3.08 bits per heavy atom. The number of ether oxygens (including phenoxy) is 1. The molecule has 0 amide bonds. The highest BCUT2D eigenvalue weighted by molar-refractivity contribution is 9.11. The summed E-state index contributed by atoms with van der Waals surface area (Å²) in [6.45, 7) is 1.09. The van der Waals surface area contributed by atoms with Gasteiger partial charge in [0.25, 0.3) is 0 Å². The Morgan fingerprint density at radius 1 is 1.62 bits per heavy atom. The molecule has 0 saturated carbocycles. The van der Waals surface area contributed by atoms with Crippen LogP contribution in [0.1, 0.15) is 10.9 Å². The topological polar surface area (TPSA) is 47.6 Å². The monoisotopic (exact) mass is 260 g/mol. The van der Waals surface area contributed by atoms with Crippen molar-refractivity contribution in [2.45, 2.75) is 6.04 Å². The third-order valence-electron chi connectivity index (χ3n) is 1.77. The van der Waals surface area contributed by atoms with Crippen LogP contribution in [-0.4, -0.2) is 19.0 Å². The van der Waals surface area contributed by atoms with Crippen molar-refractivity contribution in [2.24, 2.45) is 10.7 Å². The predicted octanol–water partition coefficient (Wildman–Crippen LogP) is 1.94. The molecule has 1 aromatic rings. The maximum atomic E-state index is 5.59. The van der Waals surface area contributed by atoms with E-state index in [9.17, 15) is 0 Å². The second-order valence-corrected chi connectivity index (χ2v) is 5.29. The number of nitrogens with two attached hydrogens (primary N) is 1. The van der Waals surface area contributed by atoms with Gasteiger partial charge in [-0.25, -0.2) is 0 Å². The SMILES string of the molecule is NC1=N[C@@H](c2ccc(Br)s2)COC1. The Kier molecular flexibility index (Phi) is 2.66. The molecule has 0 fully saturated rings. The molecule has 0 unspecified atom stereocenters. The Balaban J connectivity index is 2.21. The van der Waals surface area contributed by atoms with Crippen LogP contribution in [0.25, 0.3) is 0 Å². The standard InChI is InChI=1S/C8H9BrN2OS/c9-7-2-1-6(13-7)5-3-12-4-8(10)11-5/h1-2,5H,3-4H2,(H2,10,11)/t5-/m1/s1. The molecule has 1 aromatic heterocycles. The third kappa shape index (κ3) is 2.10. The zero-order valence-electron chi connectivity index (χ0n) is 6.87. The summed E-state index contributed by atoms with van der Waals surface area (Å²) in [6.07, 6.45) is 0. The van der Waals surface area contributed by atoms with Crippen molar-refractivity contribution in [3.63, 3.8) is 0 Å². The molecule has 2 rings (SSSR count). The molecule has 0 spiro atoms. The fourth-order valence-electron chi connectivity index (χ4n) is 1.20. The van der Waals surface area contributed by atoms with Crippen LogP contribution in [0.5, 0.6) is 0 Å². The van der Waals surface area contributed by atoms with Crippen molar-refractivity contribution < 1.29 is 4.74 Å². The molecule has 5 heteroatoms. The summed E-state index contributed by atoms with van der Waals surface area (Å²) in [4.78, 5) is 5.51. The van der Waals surface area contributed by atoms with E-state index in [0.29, 0.717) is 19.0 Å². The molecule has 0 aromatic carbocycles. The van der Waals surface area contributed by atoms with E-state index < -0.39 is 0 Å². The summed E-state index contributed by atoms with van der Waals surface area (Å²) in [7, 11) is 0. The van der Waals surface area contributed by atoms with Gasteiger partial charge in [0, 0.05) is 4.88 Å².